The van der Waals surface area contributed by atoms with Crippen LogP contribution in [0.25, 0.3) is 16.7 Å². The first-order valence-corrected chi connectivity index (χ1v) is 7.79. The van der Waals surface area contributed by atoms with Gasteiger partial charge in [-0.3, -0.25) is 4.79 Å². The van der Waals surface area contributed by atoms with Crippen LogP contribution in [0.1, 0.15) is 11.1 Å². The van der Waals surface area contributed by atoms with Crippen molar-refractivity contribution in [1.82, 2.24) is 20.3 Å². The van der Waals surface area contributed by atoms with Gasteiger partial charge in [0.05, 0.1) is 18.5 Å². The third-order valence-corrected chi connectivity index (χ3v) is 3.96. The minimum atomic E-state index is 0.0581. The number of H-pyrrole nitrogens is 1. The van der Waals surface area contributed by atoms with Crippen LogP contribution in [0.3, 0.4) is 0 Å². The molecule has 2 aromatic heterocycles. The molecule has 3 aromatic rings. The molecule has 0 spiro atoms. The average Bonchev–Trinajstić information content (AvgIpc) is 3.22. The molecule has 120 valence electrons. The van der Waals surface area contributed by atoms with Crippen molar-refractivity contribution in [3.8, 4) is 5.88 Å². The lowest BCUT2D eigenvalue weighted by Gasteiger charge is -2.08. The van der Waals surface area contributed by atoms with Crippen molar-refractivity contribution in [2.75, 3.05) is 13.2 Å². The number of ketones is 1. The number of carbonyl (C=O) groups excluding carboxylic acids is 1. The summed E-state index contributed by atoms with van der Waals surface area (Å²) < 4.78 is 5.90. The van der Waals surface area contributed by atoms with Crippen molar-refractivity contribution in [2.45, 2.75) is 6.42 Å². The molecule has 0 radical (unpaired) electrons. The zero-order valence-electron chi connectivity index (χ0n) is 13.0. The lowest BCUT2D eigenvalue weighted by molar-refractivity contribution is -0.113. The first-order valence-electron chi connectivity index (χ1n) is 7.79. The Bertz CT molecular complexity index is 915. The van der Waals surface area contributed by atoms with Gasteiger partial charge < -0.3 is 15.0 Å². The Morgan fingerprint density at radius 2 is 2.04 bits per heavy atom. The molecule has 6 heteroatoms. The van der Waals surface area contributed by atoms with E-state index in [-0.39, 0.29) is 5.78 Å². The SMILES string of the molecule is O=C1C=C(c2c[nH]c3ncnc(OCCc4ccccc4)c23)NC1. The zero-order chi connectivity index (χ0) is 16.4. The Hall–Kier alpha value is -3.15. The summed E-state index contributed by atoms with van der Waals surface area (Å²) in [6, 6.07) is 10.2. The number of aromatic nitrogens is 3. The third kappa shape index (κ3) is 2.74. The molecular formula is C18H16N4O2. The van der Waals surface area contributed by atoms with Gasteiger partial charge in [0.2, 0.25) is 5.88 Å². The molecule has 1 aliphatic heterocycles. The standard InChI is InChI=1S/C18H16N4O2/c23-13-8-15(19-9-13)14-10-20-17-16(14)18(22-11-21-17)24-7-6-12-4-2-1-3-5-12/h1-5,8,10-11,19H,6-7,9H2,(H,20,21,22). The monoisotopic (exact) mass is 320 g/mol. The highest BCUT2D eigenvalue weighted by atomic mass is 16.5. The summed E-state index contributed by atoms with van der Waals surface area (Å²) >= 11 is 0. The number of ether oxygens (including phenoxy) is 1. The zero-order valence-corrected chi connectivity index (χ0v) is 13.0. The van der Waals surface area contributed by atoms with E-state index < -0.39 is 0 Å². The van der Waals surface area contributed by atoms with Gasteiger partial charge in [-0.15, -0.1) is 0 Å². The van der Waals surface area contributed by atoms with Gasteiger partial charge in [0.15, 0.2) is 5.78 Å². The Morgan fingerprint density at radius 1 is 1.17 bits per heavy atom. The molecule has 0 aliphatic carbocycles. The smallest absolute Gasteiger partial charge is 0.226 e. The fraction of sp³-hybridized carbons (Fsp3) is 0.167. The van der Waals surface area contributed by atoms with Gasteiger partial charge in [-0.1, -0.05) is 30.3 Å². The number of fused-ring (bicyclic) bond motifs is 1. The van der Waals surface area contributed by atoms with E-state index in [1.165, 1.54) is 11.9 Å². The Labute approximate surface area is 138 Å². The van der Waals surface area contributed by atoms with E-state index in [1.807, 2.05) is 24.4 Å². The number of hydrogen-bond acceptors (Lipinski definition) is 5. The molecule has 0 saturated carbocycles. The second-order valence-electron chi connectivity index (χ2n) is 5.57. The summed E-state index contributed by atoms with van der Waals surface area (Å²) in [5.41, 5.74) is 3.53. The van der Waals surface area contributed by atoms with Gasteiger partial charge in [0.25, 0.3) is 0 Å². The second-order valence-corrected chi connectivity index (χ2v) is 5.57. The highest BCUT2D eigenvalue weighted by molar-refractivity contribution is 6.06. The normalized spacial score (nSPS) is 13.8. The number of benzene rings is 1. The highest BCUT2D eigenvalue weighted by Gasteiger charge is 2.19. The fourth-order valence-corrected chi connectivity index (χ4v) is 2.78. The van der Waals surface area contributed by atoms with Crippen molar-refractivity contribution < 1.29 is 9.53 Å². The maximum Gasteiger partial charge on any atom is 0.226 e. The van der Waals surface area contributed by atoms with Crippen molar-refractivity contribution >= 4 is 22.5 Å². The molecule has 3 heterocycles. The van der Waals surface area contributed by atoms with Crippen LogP contribution in [0.4, 0.5) is 0 Å². The molecule has 0 unspecified atom stereocenters. The summed E-state index contributed by atoms with van der Waals surface area (Å²) in [5.74, 6) is 0.581. The maximum atomic E-state index is 11.5. The first-order chi connectivity index (χ1) is 11.8. The lowest BCUT2D eigenvalue weighted by Crippen LogP contribution is -2.10. The number of nitrogens with zero attached hydrogens (tertiary/aromatic N) is 2. The van der Waals surface area contributed by atoms with Gasteiger partial charge in [-0.2, -0.15) is 0 Å². The van der Waals surface area contributed by atoms with Crippen LogP contribution in [0.2, 0.25) is 0 Å². The number of rotatable bonds is 5. The van der Waals surface area contributed by atoms with Crippen LogP contribution >= 0.6 is 0 Å². The molecular weight excluding hydrogens is 304 g/mol. The number of hydrogen-bond donors (Lipinski definition) is 2. The van der Waals surface area contributed by atoms with Gasteiger partial charge >= 0.3 is 0 Å². The Balaban J connectivity index is 1.60. The predicted molar refractivity (Wildman–Crippen MR) is 90.5 cm³/mol. The van der Waals surface area contributed by atoms with E-state index in [9.17, 15) is 4.79 Å². The van der Waals surface area contributed by atoms with Crippen molar-refractivity contribution in [3.05, 3.63) is 60.1 Å². The number of carbonyl (C=O) groups is 1. The third-order valence-electron chi connectivity index (χ3n) is 3.96. The summed E-state index contributed by atoms with van der Waals surface area (Å²) in [6.07, 6.45) is 5.69. The van der Waals surface area contributed by atoms with Crippen LogP contribution in [-0.4, -0.2) is 33.9 Å². The first kappa shape index (κ1) is 14.4. The molecule has 0 bridgehead atoms. The molecule has 4 rings (SSSR count). The number of aromatic amines is 1. The average molecular weight is 320 g/mol. The van der Waals surface area contributed by atoms with Gasteiger partial charge in [-0.25, -0.2) is 9.97 Å². The Kier molecular flexibility index (Phi) is 3.70. The molecule has 24 heavy (non-hydrogen) atoms. The van der Waals surface area contributed by atoms with Gasteiger partial charge in [0, 0.05) is 30.0 Å². The van der Waals surface area contributed by atoms with Crippen molar-refractivity contribution in [2.24, 2.45) is 0 Å². The Morgan fingerprint density at radius 3 is 2.83 bits per heavy atom. The summed E-state index contributed by atoms with van der Waals surface area (Å²) in [7, 11) is 0. The highest BCUT2D eigenvalue weighted by Crippen LogP contribution is 2.30. The maximum absolute atomic E-state index is 11.5. The van der Waals surface area contributed by atoms with Crippen LogP contribution in [0.15, 0.2) is 48.9 Å². The van der Waals surface area contributed by atoms with E-state index in [0.717, 1.165) is 23.1 Å². The molecule has 2 N–H and O–H groups in total. The van der Waals surface area contributed by atoms with E-state index in [2.05, 4.69) is 32.4 Å². The van der Waals surface area contributed by atoms with E-state index in [0.29, 0.717) is 24.7 Å². The second kappa shape index (κ2) is 6.16. The van der Waals surface area contributed by atoms with Crippen molar-refractivity contribution in [1.29, 1.82) is 0 Å². The fourth-order valence-electron chi connectivity index (χ4n) is 2.78. The van der Waals surface area contributed by atoms with Gasteiger partial charge in [-0.05, 0) is 5.56 Å². The number of nitrogens with one attached hydrogen (secondary N) is 2. The van der Waals surface area contributed by atoms with Crippen LogP contribution in [0.5, 0.6) is 5.88 Å². The predicted octanol–water partition coefficient (Wildman–Crippen LogP) is 2.09. The van der Waals surface area contributed by atoms with Crippen molar-refractivity contribution in [3.63, 3.8) is 0 Å². The largest absolute Gasteiger partial charge is 0.477 e. The molecule has 0 atom stereocenters. The van der Waals surface area contributed by atoms with Gasteiger partial charge in [0.1, 0.15) is 12.0 Å². The summed E-state index contributed by atoms with van der Waals surface area (Å²) in [5, 5.41) is 3.88. The van der Waals surface area contributed by atoms with E-state index in [4.69, 9.17) is 4.74 Å². The molecule has 0 amide bonds. The minimum Gasteiger partial charge on any atom is -0.477 e. The van der Waals surface area contributed by atoms with E-state index in [1.54, 1.807) is 6.08 Å². The van der Waals surface area contributed by atoms with Crippen LogP contribution < -0.4 is 10.1 Å². The van der Waals surface area contributed by atoms with Crippen LogP contribution in [-0.2, 0) is 11.2 Å². The minimum absolute atomic E-state index is 0.0581. The topological polar surface area (TPSA) is 79.9 Å². The molecule has 0 fully saturated rings. The lowest BCUT2D eigenvalue weighted by atomic mass is 10.1. The molecule has 6 nitrogen and oxygen atoms in total. The molecule has 0 saturated heterocycles. The quantitative estimate of drug-likeness (QED) is 0.752. The summed E-state index contributed by atoms with van der Waals surface area (Å²) in [6.45, 7) is 0.839. The van der Waals surface area contributed by atoms with Crippen LogP contribution in [0, 0.1) is 0 Å². The molecule has 1 aromatic carbocycles. The summed E-state index contributed by atoms with van der Waals surface area (Å²) in [4.78, 5) is 23.1. The molecule has 1 aliphatic rings. The van der Waals surface area contributed by atoms with E-state index >= 15 is 0 Å².